The van der Waals surface area contributed by atoms with Gasteiger partial charge in [-0.1, -0.05) is 57.4 Å². The molecular formula is C35H42O14. The number of carboxylic acid groups (broad SMARTS) is 2. The van der Waals surface area contributed by atoms with E-state index in [1.54, 1.807) is 12.1 Å². The van der Waals surface area contributed by atoms with Crippen molar-refractivity contribution in [1.82, 2.24) is 0 Å². The number of hydrogen-bond acceptors (Lipinski definition) is 12. The van der Waals surface area contributed by atoms with E-state index in [9.17, 15) is 28.8 Å². The lowest BCUT2D eigenvalue weighted by Crippen LogP contribution is -2.32. The molecule has 3 unspecified atom stereocenters. The third kappa shape index (κ3) is 15.0. The molecule has 0 spiro atoms. The van der Waals surface area contributed by atoms with E-state index in [1.807, 2.05) is 44.2 Å². The van der Waals surface area contributed by atoms with E-state index in [4.69, 9.17) is 38.6 Å². The third-order valence-electron chi connectivity index (χ3n) is 7.13. The summed E-state index contributed by atoms with van der Waals surface area (Å²) in [6, 6.07) is 7.25. The SMILES string of the molecule is C=CC(=O)OCC(COc1ccc(C(C)(C)C2=CCC(OCC(COC(=O)C=C)OC(=O)CCC(=O)O)C=C2)cc1)OC(=O)CCC(=O)O. The number of carboxylic acids is 2. The van der Waals surface area contributed by atoms with Crippen LogP contribution in [0.2, 0.25) is 0 Å². The fourth-order valence-corrected chi connectivity index (χ4v) is 4.35. The summed E-state index contributed by atoms with van der Waals surface area (Å²) in [5.74, 6) is -4.77. The van der Waals surface area contributed by atoms with Crippen molar-refractivity contribution in [2.75, 3.05) is 26.4 Å². The van der Waals surface area contributed by atoms with Gasteiger partial charge in [0, 0.05) is 17.6 Å². The van der Waals surface area contributed by atoms with Crippen molar-refractivity contribution in [3.8, 4) is 5.75 Å². The number of ether oxygens (including phenoxy) is 6. The van der Waals surface area contributed by atoms with E-state index in [-0.39, 0.29) is 45.4 Å². The van der Waals surface area contributed by atoms with Crippen molar-refractivity contribution in [3.05, 3.63) is 78.9 Å². The Hall–Kier alpha value is -5.24. The van der Waals surface area contributed by atoms with Crippen LogP contribution < -0.4 is 4.74 Å². The first kappa shape index (κ1) is 39.9. The Morgan fingerprint density at radius 3 is 1.76 bits per heavy atom. The molecule has 49 heavy (non-hydrogen) atoms. The van der Waals surface area contributed by atoms with Gasteiger partial charge in [0.1, 0.15) is 25.6 Å². The van der Waals surface area contributed by atoms with Gasteiger partial charge in [0.05, 0.1) is 38.4 Å². The lowest BCUT2D eigenvalue weighted by Gasteiger charge is -2.30. The molecule has 14 heteroatoms. The number of hydrogen-bond donors (Lipinski definition) is 2. The van der Waals surface area contributed by atoms with Crippen LogP contribution in [0.25, 0.3) is 0 Å². The zero-order chi connectivity index (χ0) is 36.4. The first-order valence-electron chi connectivity index (χ1n) is 15.4. The van der Waals surface area contributed by atoms with Crippen molar-refractivity contribution < 1.29 is 67.4 Å². The molecule has 0 radical (unpaired) electrons. The van der Waals surface area contributed by atoms with Crippen LogP contribution in [0.3, 0.4) is 0 Å². The maximum atomic E-state index is 12.1. The van der Waals surface area contributed by atoms with Crippen molar-refractivity contribution in [3.63, 3.8) is 0 Å². The normalized spacial score (nSPS) is 15.1. The molecule has 0 fully saturated rings. The second kappa shape index (κ2) is 20.2. The van der Waals surface area contributed by atoms with Gasteiger partial charge in [0.25, 0.3) is 0 Å². The molecule has 2 N–H and O–H groups in total. The summed E-state index contributed by atoms with van der Waals surface area (Å²) in [5, 5.41) is 17.6. The summed E-state index contributed by atoms with van der Waals surface area (Å²) >= 11 is 0. The second-order valence-electron chi connectivity index (χ2n) is 11.3. The number of benzene rings is 1. The summed E-state index contributed by atoms with van der Waals surface area (Å²) in [4.78, 5) is 68.6. The third-order valence-corrected chi connectivity index (χ3v) is 7.13. The number of carbonyl (C=O) groups is 6. The van der Waals surface area contributed by atoms with E-state index in [0.29, 0.717) is 12.2 Å². The van der Waals surface area contributed by atoms with Crippen LogP contribution in [-0.4, -0.2) is 90.8 Å². The maximum absolute atomic E-state index is 12.1. The molecule has 0 bridgehead atoms. The summed E-state index contributed by atoms with van der Waals surface area (Å²) in [6.45, 7) is 9.89. The van der Waals surface area contributed by atoms with Gasteiger partial charge in [-0.25, -0.2) is 9.59 Å². The van der Waals surface area contributed by atoms with Crippen LogP contribution >= 0.6 is 0 Å². The summed E-state index contributed by atoms with van der Waals surface area (Å²) in [6.07, 6.45) is 4.50. The lowest BCUT2D eigenvalue weighted by atomic mass is 9.75. The zero-order valence-electron chi connectivity index (χ0n) is 27.5. The smallest absolute Gasteiger partial charge is 0.330 e. The van der Waals surface area contributed by atoms with Gasteiger partial charge < -0.3 is 38.6 Å². The molecule has 0 aromatic heterocycles. The van der Waals surface area contributed by atoms with Crippen molar-refractivity contribution in [1.29, 1.82) is 0 Å². The highest BCUT2D eigenvalue weighted by atomic mass is 16.6. The fourth-order valence-electron chi connectivity index (χ4n) is 4.35. The van der Waals surface area contributed by atoms with Crippen LogP contribution in [0.5, 0.6) is 5.75 Å². The highest BCUT2D eigenvalue weighted by molar-refractivity contribution is 5.81. The average Bonchev–Trinajstić information content (AvgIpc) is 3.08. The molecule has 14 nitrogen and oxygen atoms in total. The number of rotatable bonds is 22. The molecule has 0 saturated heterocycles. The minimum Gasteiger partial charge on any atom is -0.490 e. The van der Waals surface area contributed by atoms with Crippen LogP contribution in [-0.2, 0) is 57.9 Å². The average molecular weight is 687 g/mol. The van der Waals surface area contributed by atoms with Crippen molar-refractivity contribution in [2.45, 2.75) is 69.7 Å². The molecule has 1 aromatic rings. The topological polar surface area (TPSA) is 198 Å². The zero-order valence-corrected chi connectivity index (χ0v) is 27.5. The van der Waals surface area contributed by atoms with Gasteiger partial charge >= 0.3 is 35.8 Å². The molecule has 0 amide bonds. The molecule has 3 atom stereocenters. The van der Waals surface area contributed by atoms with Gasteiger partial charge in [-0.2, -0.15) is 0 Å². The van der Waals surface area contributed by atoms with Gasteiger partial charge in [0.15, 0.2) is 12.2 Å². The van der Waals surface area contributed by atoms with E-state index < -0.39 is 66.3 Å². The van der Waals surface area contributed by atoms with Gasteiger partial charge in [-0.05, 0) is 29.7 Å². The predicted molar refractivity (Wildman–Crippen MR) is 172 cm³/mol. The molecule has 0 aliphatic heterocycles. The Morgan fingerprint density at radius 1 is 0.796 bits per heavy atom. The van der Waals surface area contributed by atoms with Crippen molar-refractivity contribution >= 4 is 35.8 Å². The largest absolute Gasteiger partial charge is 0.490 e. The summed E-state index contributed by atoms with van der Waals surface area (Å²) in [7, 11) is 0. The summed E-state index contributed by atoms with van der Waals surface area (Å²) in [5.41, 5.74) is 1.54. The fraction of sp³-hybridized carbons (Fsp3) is 0.429. The van der Waals surface area contributed by atoms with Gasteiger partial charge in [-0.3, -0.25) is 19.2 Å². The van der Waals surface area contributed by atoms with Crippen LogP contribution in [0.4, 0.5) is 0 Å². The second-order valence-corrected chi connectivity index (χ2v) is 11.3. The highest BCUT2D eigenvalue weighted by Crippen LogP contribution is 2.35. The molecule has 1 aliphatic carbocycles. The molecule has 0 saturated carbocycles. The van der Waals surface area contributed by atoms with Crippen LogP contribution in [0.15, 0.2) is 73.4 Å². The minimum absolute atomic E-state index is 0.0919. The standard InChI is InChI=1S/C35H42O14/c1-5-31(40)46-21-27(48-33(42)17-15-29(36)37)19-44-25-11-7-23(8-12-25)35(3,4)24-9-13-26(14-10-24)45-20-28(22-47-32(41)6-2)49-34(43)18-16-30(38)39/h5-13,26-28H,1-2,14-22H2,3-4H3,(H,36,37)(H,38,39). The number of carbonyl (C=O) groups excluding carboxylic acids is 4. The lowest BCUT2D eigenvalue weighted by molar-refractivity contribution is -0.162. The molecule has 2 rings (SSSR count). The molecule has 1 aliphatic rings. The predicted octanol–water partition coefficient (Wildman–Crippen LogP) is 3.63. The summed E-state index contributed by atoms with van der Waals surface area (Å²) < 4.78 is 32.2. The van der Waals surface area contributed by atoms with Gasteiger partial charge in [0.2, 0.25) is 0 Å². The number of allylic oxidation sites excluding steroid dienone is 2. The van der Waals surface area contributed by atoms with Gasteiger partial charge in [-0.15, -0.1) is 0 Å². The maximum Gasteiger partial charge on any atom is 0.330 e. The molecule has 1 aromatic carbocycles. The van der Waals surface area contributed by atoms with Crippen LogP contribution in [0, 0.1) is 0 Å². The van der Waals surface area contributed by atoms with E-state index in [0.717, 1.165) is 23.3 Å². The van der Waals surface area contributed by atoms with Crippen molar-refractivity contribution in [2.24, 2.45) is 0 Å². The molecule has 266 valence electrons. The minimum atomic E-state index is -1.15. The van der Waals surface area contributed by atoms with Crippen LogP contribution in [0.1, 0.15) is 51.5 Å². The Labute approximate surface area is 283 Å². The van der Waals surface area contributed by atoms with E-state index >= 15 is 0 Å². The molecular weight excluding hydrogens is 644 g/mol. The highest BCUT2D eigenvalue weighted by Gasteiger charge is 2.27. The Morgan fingerprint density at radius 2 is 1.31 bits per heavy atom. The Balaban J connectivity index is 1.97. The quantitative estimate of drug-likeness (QED) is 0.102. The Kier molecular flexibility index (Phi) is 16.5. The number of aliphatic carboxylic acids is 2. The van der Waals surface area contributed by atoms with E-state index in [2.05, 4.69) is 13.2 Å². The monoisotopic (exact) mass is 686 g/mol. The first-order valence-corrected chi connectivity index (χ1v) is 15.4. The first-order chi connectivity index (χ1) is 23.2. The van der Waals surface area contributed by atoms with E-state index in [1.165, 1.54) is 0 Å². The Bertz CT molecular complexity index is 1410. The molecule has 0 heterocycles. The number of esters is 4.